The number of hydrogen-bond donors (Lipinski definition) is 2. The first-order valence-corrected chi connectivity index (χ1v) is 7.33. The number of carbonyl (C=O) groups excluding carboxylic acids is 1. The molecule has 0 spiro atoms. The molecule has 1 aliphatic heterocycles. The lowest BCUT2D eigenvalue weighted by atomic mass is 10.00. The summed E-state index contributed by atoms with van der Waals surface area (Å²) in [6.45, 7) is 3.56. The second-order valence-corrected chi connectivity index (χ2v) is 5.88. The molecular formula is C14H27N3O3. The number of amides is 2. The van der Waals surface area contributed by atoms with Crippen molar-refractivity contribution in [2.24, 2.45) is 0 Å². The summed E-state index contributed by atoms with van der Waals surface area (Å²) in [5, 5.41) is 11.9. The topological polar surface area (TPSA) is 72.9 Å². The molecule has 1 aliphatic rings. The van der Waals surface area contributed by atoms with Gasteiger partial charge in [0.05, 0.1) is 6.42 Å². The van der Waals surface area contributed by atoms with Crippen molar-refractivity contribution in [1.82, 2.24) is 15.1 Å². The zero-order valence-corrected chi connectivity index (χ0v) is 12.8. The summed E-state index contributed by atoms with van der Waals surface area (Å²) in [7, 11) is 4.00. The molecule has 2 amide bonds. The third-order valence-corrected chi connectivity index (χ3v) is 3.68. The van der Waals surface area contributed by atoms with Gasteiger partial charge in [-0.15, -0.1) is 0 Å². The van der Waals surface area contributed by atoms with E-state index in [0.717, 1.165) is 32.2 Å². The van der Waals surface area contributed by atoms with Crippen molar-refractivity contribution in [2.45, 2.75) is 51.1 Å². The molecule has 1 heterocycles. The van der Waals surface area contributed by atoms with Crippen molar-refractivity contribution in [1.29, 1.82) is 0 Å². The first-order chi connectivity index (χ1) is 9.40. The van der Waals surface area contributed by atoms with Crippen molar-refractivity contribution in [3.63, 3.8) is 0 Å². The Balaban J connectivity index is 2.48. The number of aliphatic carboxylic acids is 1. The largest absolute Gasteiger partial charge is 0.481 e. The minimum atomic E-state index is -0.838. The van der Waals surface area contributed by atoms with Gasteiger partial charge < -0.3 is 20.2 Å². The summed E-state index contributed by atoms with van der Waals surface area (Å²) >= 11 is 0. The summed E-state index contributed by atoms with van der Waals surface area (Å²) in [5.41, 5.74) is 0. The summed E-state index contributed by atoms with van der Waals surface area (Å²) in [6, 6.07) is -0.193. The van der Waals surface area contributed by atoms with Gasteiger partial charge in [-0.3, -0.25) is 4.79 Å². The fourth-order valence-electron chi connectivity index (χ4n) is 2.50. The molecule has 116 valence electrons. The van der Waals surface area contributed by atoms with Crippen LogP contribution in [0, 0.1) is 0 Å². The zero-order valence-electron chi connectivity index (χ0n) is 12.8. The van der Waals surface area contributed by atoms with Gasteiger partial charge in [0, 0.05) is 18.6 Å². The van der Waals surface area contributed by atoms with Gasteiger partial charge in [0.1, 0.15) is 0 Å². The summed E-state index contributed by atoms with van der Waals surface area (Å²) in [5.74, 6) is -0.838. The Morgan fingerprint density at radius 2 is 2.10 bits per heavy atom. The monoisotopic (exact) mass is 285 g/mol. The molecule has 1 rings (SSSR count). The Kier molecular flexibility index (Phi) is 6.78. The number of nitrogens with zero attached hydrogens (tertiary/aromatic N) is 2. The van der Waals surface area contributed by atoms with Gasteiger partial charge in [-0.2, -0.15) is 0 Å². The van der Waals surface area contributed by atoms with Crippen LogP contribution < -0.4 is 5.32 Å². The second kappa shape index (κ2) is 8.09. The Hall–Kier alpha value is -1.30. The van der Waals surface area contributed by atoms with Crippen molar-refractivity contribution in [3.8, 4) is 0 Å². The SMILES string of the molecule is CC(CCN(C)C)NC(=O)N1CCCCC1CC(=O)O. The van der Waals surface area contributed by atoms with Gasteiger partial charge in [-0.1, -0.05) is 0 Å². The molecule has 0 aromatic heterocycles. The third kappa shape index (κ3) is 5.77. The van der Waals surface area contributed by atoms with Crippen LogP contribution in [0.1, 0.15) is 39.0 Å². The number of carboxylic acid groups (broad SMARTS) is 1. The quantitative estimate of drug-likeness (QED) is 0.773. The van der Waals surface area contributed by atoms with Crippen LogP contribution in [0.15, 0.2) is 0 Å². The minimum Gasteiger partial charge on any atom is -0.481 e. The van der Waals surface area contributed by atoms with E-state index >= 15 is 0 Å². The van der Waals surface area contributed by atoms with Crippen molar-refractivity contribution in [3.05, 3.63) is 0 Å². The summed E-state index contributed by atoms with van der Waals surface area (Å²) < 4.78 is 0. The highest BCUT2D eigenvalue weighted by Gasteiger charge is 2.28. The standard InChI is InChI=1S/C14H27N3O3/c1-11(7-9-16(2)3)15-14(20)17-8-5-4-6-12(17)10-13(18)19/h11-12H,4-10H2,1-3H3,(H,15,20)(H,18,19). The van der Waals surface area contributed by atoms with Gasteiger partial charge >= 0.3 is 12.0 Å². The van der Waals surface area contributed by atoms with Gasteiger partial charge in [0.25, 0.3) is 0 Å². The van der Waals surface area contributed by atoms with E-state index in [1.165, 1.54) is 0 Å². The molecule has 2 unspecified atom stereocenters. The number of nitrogens with one attached hydrogen (secondary N) is 1. The number of hydrogen-bond acceptors (Lipinski definition) is 3. The van der Waals surface area contributed by atoms with E-state index in [1.807, 2.05) is 21.0 Å². The molecule has 2 atom stereocenters. The molecule has 6 heteroatoms. The molecule has 1 saturated heterocycles. The second-order valence-electron chi connectivity index (χ2n) is 5.88. The lowest BCUT2D eigenvalue weighted by Crippen LogP contribution is -2.51. The number of rotatable bonds is 6. The van der Waals surface area contributed by atoms with Crippen molar-refractivity contribution in [2.75, 3.05) is 27.2 Å². The Morgan fingerprint density at radius 1 is 1.40 bits per heavy atom. The zero-order chi connectivity index (χ0) is 15.1. The Labute approximate surface area is 121 Å². The molecule has 0 radical (unpaired) electrons. The summed E-state index contributed by atoms with van der Waals surface area (Å²) in [6.07, 6.45) is 3.66. The highest BCUT2D eigenvalue weighted by molar-refractivity contribution is 5.76. The highest BCUT2D eigenvalue weighted by atomic mass is 16.4. The maximum atomic E-state index is 12.3. The molecule has 0 aliphatic carbocycles. The highest BCUT2D eigenvalue weighted by Crippen LogP contribution is 2.19. The predicted molar refractivity (Wildman–Crippen MR) is 77.8 cm³/mol. The van der Waals surface area contributed by atoms with E-state index in [4.69, 9.17) is 5.11 Å². The first-order valence-electron chi connectivity index (χ1n) is 7.33. The molecular weight excluding hydrogens is 258 g/mol. The summed E-state index contributed by atoms with van der Waals surface area (Å²) in [4.78, 5) is 26.9. The van der Waals surface area contributed by atoms with Gasteiger partial charge in [-0.05, 0) is 53.2 Å². The smallest absolute Gasteiger partial charge is 0.317 e. The van der Waals surface area contributed by atoms with E-state index in [0.29, 0.717) is 6.54 Å². The molecule has 0 bridgehead atoms. The van der Waals surface area contributed by atoms with Crippen LogP contribution >= 0.6 is 0 Å². The number of urea groups is 1. The van der Waals surface area contributed by atoms with Crippen LogP contribution in [0.25, 0.3) is 0 Å². The van der Waals surface area contributed by atoms with Gasteiger partial charge in [-0.25, -0.2) is 4.79 Å². The van der Waals surface area contributed by atoms with E-state index in [-0.39, 0.29) is 24.5 Å². The maximum Gasteiger partial charge on any atom is 0.317 e. The first kappa shape index (κ1) is 16.8. The Bertz CT molecular complexity index is 334. The molecule has 2 N–H and O–H groups in total. The average Bonchev–Trinajstić information content (AvgIpc) is 2.36. The minimum absolute atomic E-state index is 0.0412. The van der Waals surface area contributed by atoms with Crippen LogP contribution in [0.3, 0.4) is 0 Å². The molecule has 0 aromatic rings. The number of piperidine rings is 1. The molecule has 6 nitrogen and oxygen atoms in total. The lowest BCUT2D eigenvalue weighted by molar-refractivity contribution is -0.138. The number of likely N-dealkylation sites (tertiary alicyclic amines) is 1. The van der Waals surface area contributed by atoms with Crippen molar-refractivity contribution < 1.29 is 14.7 Å². The van der Waals surface area contributed by atoms with E-state index in [1.54, 1.807) is 4.90 Å². The fraction of sp³-hybridized carbons (Fsp3) is 0.857. The third-order valence-electron chi connectivity index (χ3n) is 3.68. The molecule has 0 saturated carbocycles. The maximum absolute atomic E-state index is 12.3. The molecule has 0 aromatic carbocycles. The van der Waals surface area contributed by atoms with E-state index in [2.05, 4.69) is 10.2 Å². The van der Waals surface area contributed by atoms with Crippen LogP contribution in [-0.2, 0) is 4.79 Å². The molecule has 1 fully saturated rings. The van der Waals surface area contributed by atoms with Crippen LogP contribution in [0.2, 0.25) is 0 Å². The average molecular weight is 285 g/mol. The van der Waals surface area contributed by atoms with Crippen LogP contribution in [0.4, 0.5) is 4.79 Å². The van der Waals surface area contributed by atoms with Gasteiger partial charge in [0.15, 0.2) is 0 Å². The van der Waals surface area contributed by atoms with E-state index < -0.39 is 5.97 Å². The number of carbonyl (C=O) groups is 2. The van der Waals surface area contributed by atoms with Crippen LogP contribution in [-0.4, -0.2) is 66.2 Å². The van der Waals surface area contributed by atoms with Crippen molar-refractivity contribution >= 4 is 12.0 Å². The predicted octanol–water partition coefficient (Wildman–Crippen LogP) is 1.37. The van der Waals surface area contributed by atoms with Crippen LogP contribution in [0.5, 0.6) is 0 Å². The molecule has 20 heavy (non-hydrogen) atoms. The van der Waals surface area contributed by atoms with E-state index in [9.17, 15) is 9.59 Å². The lowest BCUT2D eigenvalue weighted by Gasteiger charge is -2.35. The van der Waals surface area contributed by atoms with Gasteiger partial charge in [0.2, 0.25) is 0 Å². The Morgan fingerprint density at radius 3 is 2.70 bits per heavy atom. The fourth-order valence-corrected chi connectivity index (χ4v) is 2.50. The number of carboxylic acids is 1. The normalized spacial score (nSPS) is 20.8.